The Balaban J connectivity index is 1.08. The lowest BCUT2D eigenvalue weighted by Gasteiger charge is -2.38. The van der Waals surface area contributed by atoms with E-state index in [1.807, 2.05) is 0 Å². The topological polar surface area (TPSA) is 88.7 Å². The number of rotatable bonds is 7. The minimum absolute atomic E-state index is 0.00122. The minimum Gasteiger partial charge on any atom is -0.478 e. The predicted molar refractivity (Wildman–Crippen MR) is 143 cm³/mol. The highest BCUT2D eigenvalue weighted by atomic mass is 32.1. The van der Waals surface area contributed by atoms with Crippen molar-refractivity contribution in [2.45, 2.75) is 107 Å². The van der Waals surface area contributed by atoms with Gasteiger partial charge in [0.2, 0.25) is 0 Å². The highest BCUT2D eigenvalue weighted by Crippen LogP contribution is 2.50. The molecule has 2 aromatic heterocycles. The van der Waals surface area contributed by atoms with E-state index in [-0.39, 0.29) is 42.7 Å². The smallest absolute Gasteiger partial charge is 0.392 e. The van der Waals surface area contributed by atoms with E-state index in [0.29, 0.717) is 18.5 Å². The number of halogens is 3. The maximum Gasteiger partial charge on any atom is 0.392 e. The van der Waals surface area contributed by atoms with Gasteiger partial charge in [-0.2, -0.15) is 13.2 Å². The van der Waals surface area contributed by atoms with Gasteiger partial charge < -0.3 is 19.3 Å². The van der Waals surface area contributed by atoms with Crippen molar-refractivity contribution < 1.29 is 32.3 Å². The molecule has 4 aliphatic rings. The summed E-state index contributed by atoms with van der Waals surface area (Å²) in [6.45, 7) is 0.245. The van der Waals surface area contributed by atoms with Crippen molar-refractivity contribution in [3.05, 3.63) is 40.8 Å². The van der Waals surface area contributed by atoms with Crippen LogP contribution < -0.4 is 4.90 Å². The SMILES string of the molecule is O=C(O)c1ccc2nc(N3C4CC[C@H]3CC(OCc3c(C5CCCCC5C(F)(F)F)noc3C3CC3)C4)sc2c1. The molecular formula is C29H32F3N3O4S. The maximum absolute atomic E-state index is 13.9. The molecule has 40 heavy (non-hydrogen) atoms. The second-order valence-corrected chi connectivity index (χ2v) is 12.9. The van der Waals surface area contributed by atoms with Crippen LogP contribution in [0, 0.1) is 5.92 Å². The molecule has 0 amide bonds. The number of nitrogens with zero attached hydrogens (tertiary/aromatic N) is 3. The molecule has 2 bridgehead atoms. The molecule has 11 heteroatoms. The van der Waals surface area contributed by atoms with E-state index in [1.54, 1.807) is 18.2 Å². The molecule has 1 aromatic carbocycles. The lowest BCUT2D eigenvalue weighted by Crippen LogP contribution is -2.45. The van der Waals surface area contributed by atoms with E-state index in [2.05, 4.69) is 10.1 Å². The van der Waals surface area contributed by atoms with E-state index in [9.17, 15) is 23.1 Å². The Hall–Kier alpha value is -2.66. The Bertz CT molecular complexity index is 1400. The third-order valence-electron chi connectivity index (χ3n) is 9.33. The van der Waals surface area contributed by atoms with Crippen LogP contribution in [0.2, 0.25) is 0 Å². The molecule has 2 aliphatic heterocycles. The van der Waals surface area contributed by atoms with Gasteiger partial charge in [-0.25, -0.2) is 9.78 Å². The standard InChI is InChI=1S/C29H32F3N3O4S/c30-29(31,32)22-4-2-1-3-20(22)25-21(26(39-34-25)15-5-6-15)14-38-19-12-17-8-9-18(13-19)35(17)28-33-23-10-7-16(27(36)37)11-24(23)40-28/h7,10-11,15,17-20,22H,1-6,8-9,12-14H2,(H,36,37)/t17-,18?,19?,20?,22?/m0/s1. The second kappa shape index (κ2) is 10.0. The van der Waals surface area contributed by atoms with Crippen LogP contribution >= 0.6 is 11.3 Å². The van der Waals surface area contributed by atoms with Crippen LogP contribution in [0.4, 0.5) is 18.3 Å². The van der Waals surface area contributed by atoms with Crippen molar-refractivity contribution in [2.24, 2.45) is 5.92 Å². The first-order valence-electron chi connectivity index (χ1n) is 14.3. The van der Waals surface area contributed by atoms with Crippen molar-refractivity contribution in [2.75, 3.05) is 4.90 Å². The Morgan fingerprint density at radius 2 is 1.85 bits per heavy atom. The van der Waals surface area contributed by atoms with Crippen molar-refractivity contribution in [3.63, 3.8) is 0 Å². The third-order valence-corrected chi connectivity index (χ3v) is 10.4. The number of anilines is 1. The largest absolute Gasteiger partial charge is 0.478 e. The third kappa shape index (κ3) is 4.78. The summed E-state index contributed by atoms with van der Waals surface area (Å²) >= 11 is 1.53. The number of ether oxygens (including phenoxy) is 1. The zero-order chi connectivity index (χ0) is 27.6. The molecule has 2 aliphatic carbocycles. The highest BCUT2D eigenvalue weighted by molar-refractivity contribution is 7.22. The first-order chi connectivity index (χ1) is 19.3. The van der Waals surface area contributed by atoms with Crippen molar-refractivity contribution in [1.29, 1.82) is 0 Å². The number of alkyl halides is 3. The average Bonchev–Trinajstić information content (AvgIpc) is 3.44. The van der Waals surface area contributed by atoms with Crippen LogP contribution in [0.1, 0.15) is 103 Å². The van der Waals surface area contributed by atoms with Gasteiger partial charge in [-0.05, 0) is 69.6 Å². The van der Waals surface area contributed by atoms with Gasteiger partial charge in [0, 0.05) is 29.5 Å². The van der Waals surface area contributed by atoms with Gasteiger partial charge in [0.05, 0.1) is 40.1 Å². The van der Waals surface area contributed by atoms with Crippen molar-refractivity contribution in [1.82, 2.24) is 10.1 Å². The lowest BCUT2D eigenvalue weighted by molar-refractivity contribution is -0.187. The zero-order valence-corrected chi connectivity index (χ0v) is 22.8. The van der Waals surface area contributed by atoms with Crippen LogP contribution in [0.3, 0.4) is 0 Å². The molecule has 1 N–H and O–H groups in total. The summed E-state index contributed by atoms with van der Waals surface area (Å²) in [5.41, 5.74) is 2.29. The summed E-state index contributed by atoms with van der Waals surface area (Å²) < 4.78 is 54.8. The molecule has 2 saturated carbocycles. The minimum atomic E-state index is -4.25. The Morgan fingerprint density at radius 3 is 2.55 bits per heavy atom. The van der Waals surface area contributed by atoms with Crippen LogP contribution in [0.5, 0.6) is 0 Å². The number of carboxylic acid groups (broad SMARTS) is 1. The average molecular weight is 576 g/mol. The number of hydrogen-bond donors (Lipinski definition) is 1. The Kier molecular flexibility index (Phi) is 6.57. The highest BCUT2D eigenvalue weighted by Gasteiger charge is 2.49. The van der Waals surface area contributed by atoms with Gasteiger partial charge in [-0.3, -0.25) is 0 Å². The summed E-state index contributed by atoms with van der Waals surface area (Å²) in [6, 6.07) is 5.56. The number of aromatic carboxylic acids is 1. The molecular weight excluding hydrogens is 543 g/mol. The van der Waals surface area contributed by atoms with Gasteiger partial charge in [-0.1, -0.05) is 29.3 Å². The molecule has 5 atom stereocenters. The fraction of sp³-hybridized carbons (Fsp3) is 0.621. The summed E-state index contributed by atoms with van der Waals surface area (Å²) in [4.78, 5) is 18.6. The van der Waals surface area contributed by atoms with Gasteiger partial charge in [0.15, 0.2) is 5.13 Å². The summed E-state index contributed by atoms with van der Waals surface area (Å²) in [7, 11) is 0. The van der Waals surface area contributed by atoms with Gasteiger partial charge in [0.1, 0.15) is 5.76 Å². The Labute approximate surface area is 233 Å². The van der Waals surface area contributed by atoms with Crippen LogP contribution in [-0.2, 0) is 11.3 Å². The Morgan fingerprint density at radius 1 is 1.10 bits per heavy atom. The van der Waals surface area contributed by atoms with Gasteiger partial charge in [0.25, 0.3) is 0 Å². The number of carboxylic acids is 1. The molecule has 7 rings (SSSR count). The van der Waals surface area contributed by atoms with E-state index in [1.165, 1.54) is 11.3 Å². The van der Waals surface area contributed by atoms with Crippen LogP contribution in [-0.4, -0.2) is 45.6 Å². The maximum atomic E-state index is 13.9. The zero-order valence-electron chi connectivity index (χ0n) is 22.0. The normalized spacial score (nSPS) is 28.9. The number of carbonyl (C=O) groups is 1. The van der Waals surface area contributed by atoms with Gasteiger partial charge >= 0.3 is 12.1 Å². The fourth-order valence-corrected chi connectivity index (χ4v) is 8.37. The number of fused-ring (bicyclic) bond motifs is 3. The van der Waals surface area contributed by atoms with Crippen molar-refractivity contribution in [3.8, 4) is 0 Å². The number of piperidine rings is 1. The van der Waals surface area contributed by atoms with E-state index in [4.69, 9.17) is 14.2 Å². The molecule has 4 heterocycles. The van der Waals surface area contributed by atoms with E-state index in [0.717, 1.165) is 71.6 Å². The summed E-state index contributed by atoms with van der Waals surface area (Å²) in [5, 5.41) is 14.5. The molecule has 214 valence electrons. The summed E-state index contributed by atoms with van der Waals surface area (Å²) in [6.07, 6.45) is 3.40. The molecule has 0 spiro atoms. The van der Waals surface area contributed by atoms with Crippen molar-refractivity contribution >= 4 is 32.7 Å². The lowest BCUT2D eigenvalue weighted by atomic mass is 9.76. The monoisotopic (exact) mass is 575 g/mol. The predicted octanol–water partition coefficient (Wildman–Crippen LogP) is 7.41. The molecule has 4 unspecified atom stereocenters. The van der Waals surface area contributed by atoms with E-state index >= 15 is 0 Å². The first kappa shape index (κ1) is 26.3. The fourth-order valence-electron chi connectivity index (χ4n) is 7.22. The number of hydrogen-bond acceptors (Lipinski definition) is 7. The summed E-state index contributed by atoms with van der Waals surface area (Å²) in [5.74, 6) is -2.02. The van der Waals surface area contributed by atoms with E-state index < -0.39 is 24.0 Å². The number of aromatic nitrogens is 2. The van der Waals surface area contributed by atoms with Crippen LogP contribution in [0.25, 0.3) is 10.2 Å². The van der Waals surface area contributed by atoms with Crippen LogP contribution in [0.15, 0.2) is 22.7 Å². The second-order valence-electron chi connectivity index (χ2n) is 11.9. The van der Waals surface area contributed by atoms with Gasteiger partial charge in [-0.15, -0.1) is 0 Å². The molecule has 0 radical (unpaired) electrons. The quantitative estimate of drug-likeness (QED) is 0.314. The molecule has 4 fully saturated rings. The number of benzene rings is 1. The molecule has 2 saturated heterocycles. The molecule has 7 nitrogen and oxygen atoms in total. The molecule has 3 aromatic rings. The number of thiazole rings is 1. The first-order valence-corrected chi connectivity index (χ1v) is 15.2.